The Morgan fingerprint density at radius 1 is 1.62 bits per heavy atom. The topological polar surface area (TPSA) is 34.1 Å². The fourth-order valence-electron chi connectivity index (χ4n) is 2.02. The largest absolute Gasteiger partial charge is 0.374 e. The smallest absolute Gasteiger partial charge is 0.145 e. The van der Waals surface area contributed by atoms with Crippen molar-refractivity contribution >= 4 is 0 Å². The summed E-state index contributed by atoms with van der Waals surface area (Å²) >= 11 is 0. The number of nitrogens with zero attached hydrogens (tertiary/aromatic N) is 1. The van der Waals surface area contributed by atoms with Gasteiger partial charge in [-0.1, -0.05) is 0 Å². The summed E-state index contributed by atoms with van der Waals surface area (Å²) in [5, 5.41) is 3.34. The van der Waals surface area contributed by atoms with Gasteiger partial charge in [-0.15, -0.1) is 0 Å². The Hall–Kier alpha value is -1.00. The molecule has 0 radical (unpaired) electrons. The predicted molar refractivity (Wildman–Crippen MR) is 59.5 cm³/mol. The quantitative estimate of drug-likeness (QED) is 0.851. The van der Waals surface area contributed by atoms with E-state index in [9.17, 15) is 4.39 Å². The van der Waals surface area contributed by atoms with E-state index in [1.165, 1.54) is 6.20 Å². The fourth-order valence-corrected chi connectivity index (χ4v) is 2.02. The molecule has 2 rings (SSSR count). The van der Waals surface area contributed by atoms with Gasteiger partial charge < -0.3 is 10.1 Å². The van der Waals surface area contributed by atoms with Crippen molar-refractivity contribution in [3.63, 3.8) is 0 Å². The minimum atomic E-state index is -0.258. The zero-order valence-electron chi connectivity index (χ0n) is 9.66. The predicted octanol–water partition coefficient (Wildman–Crippen LogP) is 1.88. The van der Waals surface area contributed by atoms with Crippen molar-refractivity contribution in [2.45, 2.75) is 38.5 Å². The van der Waals surface area contributed by atoms with Crippen molar-refractivity contribution in [2.24, 2.45) is 0 Å². The first-order valence-electron chi connectivity index (χ1n) is 5.55. The number of hydrogen-bond donors (Lipinski definition) is 1. The summed E-state index contributed by atoms with van der Waals surface area (Å²) < 4.78 is 18.9. The zero-order valence-corrected chi connectivity index (χ0v) is 9.66. The van der Waals surface area contributed by atoms with Crippen LogP contribution in [0.5, 0.6) is 0 Å². The average molecular weight is 224 g/mol. The van der Waals surface area contributed by atoms with Gasteiger partial charge in [0.1, 0.15) is 5.82 Å². The van der Waals surface area contributed by atoms with Gasteiger partial charge in [-0.3, -0.25) is 4.98 Å². The third kappa shape index (κ3) is 2.39. The van der Waals surface area contributed by atoms with Crippen LogP contribution in [-0.2, 0) is 11.3 Å². The van der Waals surface area contributed by atoms with Gasteiger partial charge >= 0.3 is 0 Å². The Kier molecular flexibility index (Phi) is 3.21. The molecule has 0 aromatic carbocycles. The van der Waals surface area contributed by atoms with E-state index in [4.69, 9.17) is 4.74 Å². The Morgan fingerprint density at radius 2 is 2.44 bits per heavy atom. The summed E-state index contributed by atoms with van der Waals surface area (Å²) in [4.78, 5) is 3.73. The minimum absolute atomic E-state index is 0.163. The second-order valence-electron chi connectivity index (χ2n) is 4.64. The lowest BCUT2D eigenvalue weighted by molar-refractivity contribution is 0.0213. The minimum Gasteiger partial charge on any atom is -0.374 e. The first kappa shape index (κ1) is 11.5. The van der Waals surface area contributed by atoms with Crippen LogP contribution in [0.3, 0.4) is 0 Å². The van der Waals surface area contributed by atoms with Crippen molar-refractivity contribution in [1.29, 1.82) is 0 Å². The van der Waals surface area contributed by atoms with Gasteiger partial charge in [-0.25, -0.2) is 4.39 Å². The van der Waals surface area contributed by atoms with Gasteiger partial charge in [0, 0.05) is 31.0 Å². The van der Waals surface area contributed by atoms with Crippen molar-refractivity contribution < 1.29 is 9.13 Å². The van der Waals surface area contributed by atoms with Crippen LogP contribution in [0.4, 0.5) is 4.39 Å². The van der Waals surface area contributed by atoms with E-state index in [-0.39, 0.29) is 17.5 Å². The van der Waals surface area contributed by atoms with E-state index >= 15 is 0 Å². The Labute approximate surface area is 95.0 Å². The van der Waals surface area contributed by atoms with E-state index in [2.05, 4.69) is 24.1 Å². The molecule has 16 heavy (non-hydrogen) atoms. The molecule has 0 spiro atoms. The zero-order chi connectivity index (χ0) is 11.6. The van der Waals surface area contributed by atoms with Gasteiger partial charge in [0.2, 0.25) is 0 Å². The Bertz CT molecular complexity index is 368. The first-order valence-corrected chi connectivity index (χ1v) is 5.55. The van der Waals surface area contributed by atoms with Crippen molar-refractivity contribution in [1.82, 2.24) is 10.3 Å². The maximum Gasteiger partial charge on any atom is 0.145 e. The summed E-state index contributed by atoms with van der Waals surface area (Å²) in [6.45, 7) is 5.40. The molecule has 0 bridgehead atoms. The van der Waals surface area contributed by atoms with Crippen molar-refractivity contribution in [3.8, 4) is 0 Å². The molecule has 0 amide bonds. The molecule has 3 nitrogen and oxygen atoms in total. The average Bonchev–Trinajstić information content (AvgIpc) is 2.57. The maximum atomic E-state index is 13.3. The highest BCUT2D eigenvalue weighted by Crippen LogP contribution is 2.25. The molecule has 1 aromatic rings. The molecular formula is C12H17FN2O. The molecule has 1 atom stereocenters. The summed E-state index contributed by atoms with van der Waals surface area (Å²) in [5.41, 5.74) is 0.487. The second kappa shape index (κ2) is 4.47. The van der Waals surface area contributed by atoms with Gasteiger partial charge in [0.15, 0.2) is 0 Å². The van der Waals surface area contributed by atoms with Gasteiger partial charge in [-0.05, 0) is 26.3 Å². The van der Waals surface area contributed by atoms with Crippen LogP contribution in [0.15, 0.2) is 18.5 Å². The van der Waals surface area contributed by atoms with Crippen molar-refractivity contribution in [2.75, 3.05) is 6.61 Å². The third-order valence-electron chi connectivity index (χ3n) is 3.12. The van der Waals surface area contributed by atoms with Crippen molar-refractivity contribution in [3.05, 3.63) is 29.8 Å². The number of aromatic nitrogens is 1. The number of ether oxygens (including phenoxy) is 1. The molecule has 4 heteroatoms. The van der Waals surface area contributed by atoms with Gasteiger partial charge in [0.25, 0.3) is 0 Å². The molecule has 0 saturated carbocycles. The number of rotatable bonds is 3. The lowest BCUT2D eigenvalue weighted by atomic mass is 9.99. The van der Waals surface area contributed by atoms with E-state index in [0.717, 1.165) is 13.0 Å². The number of halogens is 1. The molecule has 1 aliphatic rings. The lowest BCUT2D eigenvalue weighted by Gasteiger charge is -2.26. The molecule has 0 unspecified atom stereocenters. The molecule has 1 aliphatic heterocycles. The molecule has 0 aliphatic carbocycles. The second-order valence-corrected chi connectivity index (χ2v) is 4.64. The van der Waals surface area contributed by atoms with Crippen LogP contribution in [0.2, 0.25) is 0 Å². The van der Waals surface area contributed by atoms with Crippen LogP contribution in [0.1, 0.15) is 25.8 Å². The summed E-state index contributed by atoms with van der Waals surface area (Å²) in [5.74, 6) is -0.258. The fraction of sp³-hybridized carbons (Fsp3) is 0.583. The van der Waals surface area contributed by atoms with E-state index in [1.807, 2.05) is 0 Å². The Balaban J connectivity index is 1.95. The van der Waals surface area contributed by atoms with Crippen LogP contribution in [0.25, 0.3) is 0 Å². The summed E-state index contributed by atoms with van der Waals surface area (Å²) in [6, 6.07) is 1.98. The SMILES string of the molecule is CC1(C)OCC[C@@H]1NCc1ccncc1F. The molecule has 1 aromatic heterocycles. The highest BCUT2D eigenvalue weighted by atomic mass is 19.1. The maximum absolute atomic E-state index is 13.3. The van der Waals surface area contributed by atoms with Crippen LogP contribution in [-0.4, -0.2) is 23.2 Å². The van der Waals surface area contributed by atoms with E-state index in [1.54, 1.807) is 12.3 Å². The van der Waals surface area contributed by atoms with E-state index in [0.29, 0.717) is 12.1 Å². The van der Waals surface area contributed by atoms with Crippen LogP contribution >= 0.6 is 0 Å². The standard InChI is InChI=1S/C12H17FN2O/c1-12(2)11(4-6-16-12)15-7-9-3-5-14-8-10(9)13/h3,5,8,11,15H,4,6-7H2,1-2H3/t11-/m0/s1. The molecule has 1 N–H and O–H groups in total. The molecule has 2 heterocycles. The highest BCUT2D eigenvalue weighted by molar-refractivity contribution is 5.12. The molecule has 1 saturated heterocycles. The monoisotopic (exact) mass is 224 g/mol. The summed E-state index contributed by atoms with van der Waals surface area (Å²) in [6.07, 6.45) is 3.82. The third-order valence-corrected chi connectivity index (χ3v) is 3.12. The summed E-state index contributed by atoms with van der Waals surface area (Å²) in [7, 11) is 0. The number of nitrogens with one attached hydrogen (secondary N) is 1. The van der Waals surface area contributed by atoms with Gasteiger partial charge in [-0.2, -0.15) is 0 Å². The lowest BCUT2D eigenvalue weighted by Crippen LogP contribution is -2.43. The normalized spacial score (nSPS) is 23.6. The molecular weight excluding hydrogens is 207 g/mol. The first-order chi connectivity index (χ1) is 7.59. The van der Waals surface area contributed by atoms with Crippen LogP contribution < -0.4 is 5.32 Å². The van der Waals surface area contributed by atoms with Gasteiger partial charge in [0.05, 0.1) is 11.8 Å². The molecule has 1 fully saturated rings. The molecule has 88 valence electrons. The number of pyridine rings is 1. The number of hydrogen-bond acceptors (Lipinski definition) is 3. The highest BCUT2D eigenvalue weighted by Gasteiger charge is 2.35. The van der Waals surface area contributed by atoms with E-state index < -0.39 is 0 Å². The van der Waals surface area contributed by atoms with Crippen LogP contribution in [0, 0.1) is 5.82 Å². The Morgan fingerprint density at radius 3 is 3.06 bits per heavy atom.